The topological polar surface area (TPSA) is 64.2 Å². The molecule has 1 aromatic carbocycles. The number of thioether (sulfide) groups is 1. The van der Waals surface area contributed by atoms with E-state index in [-0.39, 0.29) is 23.2 Å². The van der Waals surface area contributed by atoms with Gasteiger partial charge in [0.15, 0.2) is 10.9 Å². The summed E-state index contributed by atoms with van der Waals surface area (Å²) >= 11 is 1.15. The van der Waals surface area contributed by atoms with E-state index in [0.29, 0.717) is 16.8 Å². The van der Waals surface area contributed by atoms with Crippen LogP contribution in [-0.2, 0) is 11.0 Å². The van der Waals surface area contributed by atoms with Crippen LogP contribution in [0.15, 0.2) is 52.2 Å². The van der Waals surface area contributed by atoms with Crippen LogP contribution in [0, 0.1) is 5.92 Å². The smallest absolute Gasteiger partial charge is 0.416 e. The maximum absolute atomic E-state index is 13.3. The van der Waals surface area contributed by atoms with Gasteiger partial charge in [-0.25, -0.2) is 0 Å². The Morgan fingerprint density at radius 1 is 1.19 bits per heavy atom. The minimum absolute atomic E-state index is 0.0185. The molecule has 0 spiro atoms. The number of carbonyl (C=O) groups excluding carboxylic acids is 1. The molecular formula is C21H21F3N4O2S. The van der Waals surface area contributed by atoms with E-state index in [1.165, 1.54) is 16.9 Å². The third-order valence-electron chi connectivity index (χ3n) is 5.27. The Bertz CT molecular complexity index is 1040. The fourth-order valence-corrected chi connectivity index (χ4v) is 4.31. The maximum atomic E-state index is 13.3. The molecule has 164 valence electrons. The van der Waals surface area contributed by atoms with Gasteiger partial charge in [0.1, 0.15) is 0 Å². The van der Waals surface area contributed by atoms with Crippen molar-refractivity contribution in [2.45, 2.75) is 31.1 Å². The van der Waals surface area contributed by atoms with Gasteiger partial charge in [-0.05, 0) is 49.1 Å². The molecule has 0 bridgehead atoms. The highest BCUT2D eigenvalue weighted by Crippen LogP contribution is 2.33. The van der Waals surface area contributed by atoms with Crippen LogP contribution in [-0.4, -0.2) is 44.4 Å². The minimum Gasteiger partial charge on any atom is -0.461 e. The molecule has 0 unspecified atom stereocenters. The summed E-state index contributed by atoms with van der Waals surface area (Å²) in [4.78, 5) is 14.5. The first-order chi connectivity index (χ1) is 14.8. The molecule has 2 aromatic heterocycles. The van der Waals surface area contributed by atoms with Crippen molar-refractivity contribution >= 4 is 17.7 Å². The quantitative estimate of drug-likeness (QED) is 0.518. The highest BCUT2D eigenvalue weighted by Gasteiger charge is 2.31. The molecule has 4 rings (SSSR count). The fraction of sp³-hybridized carbons (Fsp3) is 0.381. The summed E-state index contributed by atoms with van der Waals surface area (Å²) in [5.41, 5.74) is -0.536. The SMILES string of the molecule is CC1CCN(C(=O)CSc2nnc(-c3ccco3)n2-c2cccc(C(F)(F)F)c2)CC1. The number of rotatable bonds is 5. The molecule has 3 heterocycles. The van der Waals surface area contributed by atoms with Crippen LogP contribution in [0.25, 0.3) is 17.3 Å². The average Bonchev–Trinajstić information content (AvgIpc) is 3.41. The van der Waals surface area contributed by atoms with E-state index in [4.69, 9.17) is 4.42 Å². The number of nitrogens with zero attached hydrogens (tertiary/aromatic N) is 4. The standard InChI is InChI=1S/C21H21F3N4O2S/c1-14-7-9-27(10-8-14)18(29)13-31-20-26-25-19(17-6-3-11-30-17)28(20)16-5-2-4-15(12-16)21(22,23)24/h2-6,11-12,14H,7-10,13H2,1H3. The summed E-state index contributed by atoms with van der Waals surface area (Å²) in [5, 5.41) is 8.58. The maximum Gasteiger partial charge on any atom is 0.416 e. The van der Waals surface area contributed by atoms with E-state index in [2.05, 4.69) is 17.1 Å². The van der Waals surface area contributed by atoms with Gasteiger partial charge in [0, 0.05) is 13.1 Å². The highest BCUT2D eigenvalue weighted by atomic mass is 32.2. The van der Waals surface area contributed by atoms with Crippen LogP contribution in [0.4, 0.5) is 13.2 Å². The second-order valence-electron chi connectivity index (χ2n) is 7.52. The van der Waals surface area contributed by atoms with E-state index < -0.39 is 11.7 Å². The summed E-state index contributed by atoms with van der Waals surface area (Å²) in [7, 11) is 0. The number of likely N-dealkylation sites (tertiary alicyclic amines) is 1. The van der Waals surface area contributed by atoms with Gasteiger partial charge in [-0.2, -0.15) is 13.2 Å². The molecule has 0 atom stereocenters. The summed E-state index contributed by atoms with van der Waals surface area (Å²) in [6.45, 7) is 3.61. The number of carbonyl (C=O) groups is 1. The molecule has 6 nitrogen and oxygen atoms in total. The van der Waals surface area contributed by atoms with Crippen molar-refractivity contribution in [3.63, 3.8) is 0 Å². The van der Waals surface area contributed by atoms with Gasteiger partial charge in [-0.1, -0.05) is 24.8 Å². The Morgan fingerprint density at radius 3 is 2.65 bits per heavy atom. The van der Waals surface area contributed by atoms with Gasteiger partial charge in [0.25, 0.3) is 0 Å². The third-order valence-corrected chi connectivity index (χ3v) is 6.18. The number of piperidine rings is 1. The highest BCUT2D eigenvalue weighted by molar-refractivity contribution is 7.99. The Morgan fingerprint density at radius 2 is 1.97 bits per heavy atom. The van der Waals surface area contributed by atoms with Gasteiger partial charge in [0.05, 0.1) is 23.3 Å². The van der Waals surface area contributed by atoms with E-state index in [1.54, 1.807) is 18.2 Å². The lowest BCUT2D eigenvalue weighted by Crippen LogP contribution is -2.38. The lowest BCUT2D eigenvalue weighted by Gasteiger charge is -2.30. The number of amides is 1. The third kappa shape index (κ3) is 4.79. The van der Waals surface area contributed by atoms with Crippen LogP contribution in [0.1, 0.15) is 25.3 Å². The summed E-state index contributed by atoms with van der Waals surface area (Å²) in [6, 6.07) is 8.24. The first-order valence-electron chi connectivity index (χ1n) is 9.90. The second kappa shape index (κ2) is 8.78. The van der Waals surface area contributed by atoms with Crippen molar-refractivity contribution in [1.29, 1.82) is 0 Å². The predicted octanol–water partition coefficient (Wildman–Crippen LogP) is 4.90. The van der Waals surface area contributed by atoms with Crippen LogP contribution in [0.2, 0.25) is 0 Å². The second-order valence-corrected chi connectivity index (χ2v) is 8.46. The van der Waals surface area contributed by atoms with Crippen LogP contribution >= 0.6 is 11.8 Å². The molecule has 1 saturated heterocycles. The monoisotopic (exact) mass is 450 g/mol. The van der Waals surface area contributed by atoms with E-state index in [0.717, 1.165) is 49.8 Å². The van der Waals surface area contributed by atoms with Gasteiger partial charge in [0.2, 0.25) is 11.7 Å². The number of halogens is 3. The molecule has 0 saturated carbocycles. The average molecular weight is 450 g/mol. The van der Waals surface area contributed by atoms with Crippen molar-refractivity contribution in [2.24, 2.45) is 5.92 Å². The summed E-state index contributed by atoms with van der Waals surface area (Å²) in [6.07, 6.45) is -1.09. The zero-order chi connectivity index (χ0) is 22.0. The van der Waals surface area contributed by atoms with Crippen molar-refractivity contribution < 1.29 is 22.4 Å². The predicted molar refractivity (Wildman–Crippen MR) is 110 cm³/mol. The Kier molecular flexibility index (Phi) is 6.08. The number of aromatic nitrogens is 3. The largest absolute Gasteiger partial charge is 0.461 e. The van der Waals surface area contributed by atoms with Crippen molar-refractivity contribution in [2.75, 3.05) is 18.8 Å². The summed E-state index contributed by atoms with van der Waals surface area (Å²) in [5.74, 6) is 1.36. The lowest BCUT2D eigenvalue weighted by molar-refractivity contribution is -0.137. The zero-order valence-corrected chi connectivity index (χ0v) is 17.6. The number of alkyl halides is 3. The van der Waals surface area contributed by atoms with Gasteiger partial charge >= 0.3 is 6.18 Å². The number of furan rings is 1. The number of benzene rings is 1. The number of hydrogen-bond acceptors (Lipinski definition) is 5. The molecule has 1 aliphatic heterocycles. The Balaban J connectivity index is 1.62. The van der Waals surface area contributed by atoms with Crippen LogP contribution < -0.4 is 0 Å². The van der Waals surface area contributed by atoms with Crippen LogP contribution in [0.5, 0.6) is 0 Å². The van der Waals surface area contributed by atoms with Gasteiger partial charge < -0.3 is 9.32 Å². The Hall–Kier alpha value is -2.75. The van der Waals surface area contributed by atoms with Crippen molar-refractivity contribution in [3.05, 3.63) is 48.2 Å². The summed E-state index contributed by atoms with van der Waals surface area (Å²) < 4.78 is 46.7. The molecule has 0 aliphatic carbocycles. The minimum atomic E-state index is -4.48. The van der Waals surface area contributed by atoms with Crippen LogP contribution in [0.3, 0.4) is 0 Å². The normalized spacial score (nSPS) is 15.4. The molecule has 0 N–H and O–H groups in total. The van der Waals surface area contributed by atoms with Crippen molar-refractivity contribution in [1.82, 2.24) is 19.7 Å². The molecule has 1 fully saturated rings. The molecular weight excluding hydrogens is 429 g/mol. The van der Waals surface area contributed by atoms with Gasteiger partial charge in [-0.3, -0.25) is 9.36 Å². The molecule has 1 amide bonds. The molecule has 3 aromatic rings. The van der Waals surface area contributed by atoms with Crippen molar-refractivity contribution in [3.8, 4) is 17.3 Å². The number of hydrogen-bond donors (Lipinski definition) is 0. The van der Waals surface area contributed by atoms with E-state index in [9.17, 15) is 18.0 Å². The van der Waals surface area contributed by atoms with E-state index in [1.807, 2.05) is 4.90 Å². The fourth-order valence-electron chi connectivity index (χ4n) is 3.46. The van der Waals surface area contributed by atoms with Gasteiger partial charge in [-0.15, -0.1) is 10.2 Å². The first-order valence-corrected chi connectivity index (χ1v) is 10.9. The Labute approximate surface area is 181 Å². The molecule has 0 radical (unpaired) electrons. The molecule has 10 heteroatoms. The molecule has 31 heavy (non-hydrogen) atoms. The zero-order valence-electron chi connectivity index (χ0n) is 16.8. The van der Waals surface area contributed by atoms with E-state index >= 15 is 0 Å². The lowest BCUT2D eigenvalue weighted by atomic mass is 9.99. The molecule has 1 aliphatic rings. The first kappa shape index (κ1) is 21.5.